The van der Waals surface area contributed by atoms with Gasteiger partial charge in [-0.2, -0.15) is 0 Å². The Morgan fingerprint density at radius 1 is 1.02 bits per heavy atom. The molecule has 3 aromatic rings. The quantitative estimate of drug-likeness (QED) is 0.185. The lowest BCUT2D eigenvalue weighted by atomic mass is 9.80. The molecule has 1 heterocycles. The van der Waals surface area contributed by atoms with Crippen molar-refractivity contribution in [1.29, 1.82) is 0 Å². The minimum Gasteiger partial charge on any atom is -0.463 e. The molecule has 3 aromatic carbocycles. The molecular weight excluding hydrogens is 507 g/mol. The van der Waals surface area contributed by atoms with Gasteiger partial charge in [0.1, 0.15) is 17.4 Å². The molecule has 0 saturated heterocycles. The number of ether oxygens (including phenoxy) is 2. The number of halogens is 1. The zero-order valence-corrected chi connectivity index (χ0v) is 23.4. The number of esters is 1. The molecule has 208 valence electrons. The molecule has 2 unspecified atom stereocenters. The summed E-state index contributed by atoms with van der Waals surface area (Å²) in [6.45, 7) is 5.27. The number of nitrogens with one attached hydrogen (secondary N) is 2. The first-order valence-electron chi connectivity index (χ1n) is 13.2. The van der Waals surface area contributed by atoms with Crippen molar-refractivity contribution in [3.63, 3.8) is 0 Å². The second kappa shape index (κ2) is 13.0. The van der Waals surface area contributed by atoms with Crippen molar-refractivity contribution in [2.24, 2.45) is 4.99 Å². The summed E-state index contributed by atoms with van der Waals surface area (Å²) in [5.41, 5.74) is 4.59. The zero-order valence-electron chi connectivity index (χ0n) is 23.4. The zero-order chi connectivity index (χ0) is 28.6. The maximum atomic E-state index is 13.4. The van der Waals surface area contributed by atoms with Crippen LogP contribution in [0, 0.1) is 0 Å². The van der Waals surface area contributed by atoms with Gasteiger partial charge in [-0.1, -0.05) is 48.5 Å². The minimum absolute atomic E-state index is 0.256. The molecule has 0 radical (unpaired) electrons. The number of nitrogens with zero attached hydrogens (tertiary/aromatic N) is 2. The van der Waals surface area contributed by atoms with Gasteiger partial charge < -0.3 is 25.0 Å². The summed E-state index contributed by atoms with van der Waals surface area (Å²) in [6.07, 6.45) is -1.41. The largest absolute Gasteiger partial charge is 0.463 e. The Labute approximate surface area is 235 Å². The number of rotatable bonds is 9. The summed E-state index contributed by atoms with van der Waals surface area (Å²) >= 11 is 0. The van der Waals surface area contributed by atoms with Crippen molar-refractivity contribution in [2.75, 3.05) is 30.9 Å². The van der Waals surface area contributed by atoms with E-state index in [4.69, 9.17) is 9.47 Å². The van der Waals surface area contributed by atoms with Gasteiger partial charge in [-0.15, -0.1) is 0 Å². The van der Waals surface area contributed by atoms with E-state index < -0.39 is 18.2 Å². The summed E-state index contributed by atoms with van der Waals surface area (Å²) in [7, 11) is 3.68. The molecule has 0 spiro atoms. The maximum Gasteiger partial charge on any atom is 0.336 e. The van der Waals surface area contributed by atoms with Crippen LogP contribution in [0.15, 0.2) is 113 Å². The number of carbonyl (C=O) groups excluding carboxylic acids is 1. The fourth-order valence-corrected chi connectivity index (χ4v) is 4.75. The van der Waals surface area contributed by atoms with Crippen molar-refractivity contribution in [2.45, 2.75) is 33.0 Å². The fraction of sp³-hybridized carbons (Fsp3) is 0.250. The van der Waals surface area contributed by atoms with E-state index in [9.17, 15) is 9.18 Å². The lowest BCUT2D eigenvalue weighted by Crippen LogP contribution is -2.40. The van der Waals surface area contributed by atoms with Crippen LogP contribution < -0.4 is 20.3 Å². The number of alkyl halides is 1. The number of para-hydroxylation sites is 1. The fourth-order valence-electron chi connectivity index (χ4n) is 4.75. The average Bonchev–Trinajstić information content (AvgIpc) is 2.96. The highest BCUT2D eigenvalue weighted by Gasteiger charge is 2.38. The van der Waals surface area contributed by atoms with E-state index in [-0.39, 0.29) is 6.61 Å². The van der Waals surface area contributed by atoms with Crippen LogP contribution in [-0.2, 0) is 9.53 Å². The molecule has 40 heavy (non-hydrogen) atoms. The summed E-state index contributed by atoms with van der Waals surface area (Å²) in [6, 6.07) is 26.8. The van der Waals surface area contributed by atoms with E-state index in [1.54, 1.807) is 38.2 Å². The van der Waals surface area contributed by atoms with E-state index >= 15 is 0 Å². The molecular formula is C32H35FN4O3. The standard InChI is InChI=1S/C32H35FN4O3/c1-6-39-32(38)27-21(2)35-31(37(5)25-15-11-8-12-16-25)29(28(27)23-13-9-7-10-14-23)30(34-4)36-24-17-19-26(20-18-24)40-22(3)33/h7-20,22,28,35H,6H2,1-5H3,(H,34,36). The summed E-state index contributed by atoms with van der Waals surface area (Å²) < 4.78 is 24.0. The Hall–Kier alpha value is -4.59. The molecule has 0 aliphatic carbocycles. The van der Waals surface area contributed by atoms with Crippen molar-refractivity contribution in [3.8, 4) is 5.75 Å². The number of hydrogen-bond donors (Lipinski definition) is 2. The molecule has 0 aromatic heterocycles. The molecule has 4 rings (SSSR count). The Morgan fingerprint density at radius 2 is 1.65 bits per heavy atom. The number of aliphatic imine (C=N–C) groups is 1. The van der Waals surface area contributed by atoms with Gasteiger partial charge in [-0.25, -0.2) is 9.18 Å². The molecule has 2 N–H and O–H groups in total. The van der Waals surface area contributed by atoms with Crippen molar-refractivity contribution in [3.05, 3.63) is 113 Å². The second-order valence-corrected chi connectivity index (χ2v) is 9.27. The molecule has 0 fully saturated rings. The predicted octanol–water partition coefficient (Wildman–Crippen LogP) is 6.39. The first kappa shape index (κ1) is 28.4. The van der Waals surface area contributed by atoms with E-state index in [0.717, 1.165) is 28.3 Å². The van der Waals surface area contributed by atoms with Gasteiger partial charge in [0.25, 0.3) is 0 Å². The molecule has 1 aliphatic heterocycles. The van der Waals surface area contributed by atoms with Gasteiger partial charge in [0.15, 0.2) is 0 Å². The van der Waals surface area contributed by atoms with Crippen LogP contribution in [0.4, 0.5) is 15.8 Å². The molecule has 8 heteroatoms. The van der Waals surface area contributed by atoms with Crippen molar-refractivity contribution in [1.82, 2.24) is 5.32 Å². The number of benzene rings is 3. The van der Waals surface area contributed by atoms with Crippen LogP contribution in [-0.4, -0.2) is 38.9 Å². The molecule has 0 amide bonds. The van der Waals surface area contributed by atoms with Crippen LogP contribution in [0.1, 0.15) is 32.3 Å². The molecule has 2 atom stereocenters. The van der Waals surface area contributed by atoms with Gasteiger partial charge in [0, 0.05) is 43.7 Å². The van der Waals surface area contributed by atoms with Gasteiger partial charge in [0.05, 0.1) is 18.1 Å². The van der Waals surface area contributed by atoms with Crippen LogP contribution in [0.25, 0.3) is 0 Å². The van der Waals surface area contributed by atoms with E-state index in [1.165, 1.54) is 6.92 Å². The third-order valence-corrected chi connectivity index (χ3v) is 6.54. The maximum absolute atomic E-state index is 13.4. The topological polar surface area (TPSA) is 75.2 Å². The van der Waals surface area contributed by atoms with E-state index in [0.29, 0.717) is 22.9 Å². The van der Waals surface area contributed by atoms with Crippen LogP contribution in [0.3, 0.4) is 0 Å². The summed E-state index contributed by atoms with van der Waals surface area (Å²) in [4.78, 5) is 20.1. The van der Waals surface area contributed by atoms with Crippen LogP contribution in [0.5, 0.6) is 5.75 Å². The number of allylic oxidation sites excluding steroid dienone is 1. The SMILES string of the molecule is CCOC(=O)C1=C(C)NC(N(C)c2ccccc2)=C(C(=NC)Nc2ccc(OC(C)F)cc2)C1c1ccccc1. The normalized spacial score (nSPS) is 16.2. The first-order valence-corrected chi connectivity index (χ1v) is 13.2. The second-order valence-electron chi connectivity index (χ2n) is 9.27. The number of carbonyl (C=O) groups is 1. The Morgan fingerprint density at radius 3 is 2.23 bits per heavy atom. The van der Waals surface area contributed by atoms with Crippen LogP contribution >= 0.6 is 0 Å². The third-order valence-electron chi connectivity index (χ3n) is 6.54. The Kier molecular flexibility index (Phi) is 9.22. The highest BCUT2D eigenvalue weighted by molar-refractivity contribution is 6.12. The monoisotopic (exact) mass is 542 g/mol. The molecule has 0 saturated carbocycles. The van der Waals surface area contributed by atoms with Gasteiger partial charge in [-0.3, -0.25) is 4.99 Å². The van der Waals surface area contributed by atoms with E-state index in [1.807, 2.05) is 79.5 Å². The van der Waals surface area contributed by atoms with Gasteiger partial charge >= 0.3 is 5.97 Å². The first-order chi connectivity index (χ1) is 19.3. The highest BCUT2D eigenvalue weighted by atomic mass is 19.1. The lowest BCUT2D eigenvalue weighted by molar-refractivity contribution is -0.138. The lowest BCUT2D eigenvalue weighted by Gasteiger charge is -2.37. The number of hydrogen-bond acceptors (Lipinski definition) is 6. The molecule has 1 aliphatic rings. The van der Waals surface area contributed by atoms with Crippen LogP contribution in [0.2, 0.25) is 0 Å². The number of anilines is 2. The third kappa shape index (κ3) is 6.34. The minimum atomic E-state index is -1.41. The predicted molar refractivity (Wildman–Crippen MR) is 158 cm³/mol. The summed E-state index contributed by atoms with van der Waals surface area (Å²) in [5.74, 6) is 0.871. The average molecular weight is 543 g/mol. The van der Waals surface area contributed by atoms with Gasteiger partial charge in [-0.05, 0) is 55.8 Å². The molecule has 0 bridgehead atoms. The van der Waals surface area contributed by atoms with Gasteiger partial charge in [0.2, 0.25) is 6.36 Å². The van der Waals surface area contributed by atoms with Crippen molar-refractivity contribution < 1.29 is 18.7 Å². The Bertz CT molecular complexity index is 1400. The summed E-state index contributed by atoms with van der Waals surface area (Å²) in [5, 5.41) is 6.91. The number of dihydropyridines is 1. The Balaban J connectivity index is 1.88. The number of amidine groups is 1. The van der Waals surface area contributed by atoms with E-state index in [2.05, 4.69) is 15.6 Å². The highest BCUT2D eigenvalue weighted by Crippen LogP contribution is 2.41. The smallest absolute Gasteiger partial charge is 0.336 e. The van der Waals surface area contributed by atoms with Crippen molar-refractivity contribution >= 4 is 23.2 Å². The molecule has 7 nitrogen and oxygen atoms in total.